The van der Waals surface area contributed by atoms with E-state index in [9.17, 15) is 4.79 Å². The van der Waals surface area contributed by atoms with Gasteiger partial charge in [0, 0.05) is 12.6 Å². The number of hydrogen-bond acceptors (Lipinski definition) is 6. The number of rotatable bonds is 9. The third kappa shape index (κ3) is 5.63. The topological polar surface area (TPSA) is 83.8 Å². The monoisotopic (exact) mass is 383 g/mol. The van der Waals surface area contributed by atoms with E-state index in [1.807, 2.05) is 49.3 Å². The van der Waals surface area contributed by atoms with Crippen LogP contribution in [0, 0.1) is 11.3 Å². The van der Waals surface area contributed by atoms with Crippen LogP contribution < -0.4 is 19.5 Å². The van der Waals surface area contributed by atoms with Crippen LogP contribution in [0.25, 0.3) is 0 Å². The average Bonchev–Trinajstić information content (AvgIpc) is 2.72. The summed E-state index contributed by atoms with van der Waals surface area (Å²) in [7, 11) is 7.03. The van der Waals surface area contributed by atoms with Gasteiger partial charge in [-0.25, -0.2) is 0 Å². The van der Waals surface area contributed by atoms with Crippen LogP contribution in [0.5, 0.6) is 17.2 Å². The van der Waals surface area contributed by atoms with Crippen molar-refractivity contribution in [3.05, 3.63) is 53.6 Å². The molecule has 1 atom stereocenters. The first-order chi connectivity index (χ1) is 13.5. The molecular weight excluding hydrogens is 358 g/mol. The van der Waals surface area contributed by atoms with E-state index in [1.54, 1.807) is 25.3 Å². The zero-order valence-corrected chi connectivity index (χ0v) is 16.6. The van der Waals surface area contributed by atoms with Gasteiger partial charge >= 0.3 is 0 Å². The second-order valence-electron chi connectivity index (χ2n) is 6.32. The van der Waals surface area contributed by atoms with E-state index in [4.69, 9.17) is 19.5 Å². The molecule has 0 heterocycles. The van der Waals surface area contributed by atoms with Crippen molar-refractivity contribution >= 4 is 5.91 Å². The number of nitrogens with one attached hydrogen (secondary N) is 1. The van der Waals surface area contributed by atoms with E-state index in [0.29, 0.717) is 23.6 Å². The summed E-state index contributed by atoms with van der Waals surface area (Å²) >= 11 is 0. The molecule has 0 aromatic heterocycles. The van der Waals surface area contributed by atoms with Crippen LogP contribution in [-0.4, -0.2) is 52.3 Å². The lowest BCUT2D eigenvalue weighted by molar-refractivity contribution is -0.123. The van der Waals surface area contributed by atoms with Gasteiger partial charge in [-0.15, -0.1) is 0 Å². The Balaban J connectivity index is 1.93. The maximum absolute atomic E-state index is 12.2. The Morgan fingerprint density at radius 1 is 1.11 bits per heavy atom. The van der Waals surface area contributed by atoms with Crippen molar-refractivity contribution in [2.24, 2.45) is 0 Å². The molecule has 0 aliphatic carbocycles. The lowest BCUT2D eigenvalue weighted by Gasteiger charge is -2.25. The number of likely N-dealkylation sites (N-methyl/N-ethyl adjacent to an activating group) is 1. The Hall–Kier alpha value is -3.24. The standard InChI is InChI=1S/C21H25N3O4/c1-24(2)18(16-6-8-17(26-3)9-7-16)13-23-21(25)14-28-19-10-5-15(12-22)11-20(19)27-4/h5-11,18H,13-14H2,1-4H3,(H,23,25). The van der Waals surface area contributed by atoms with Crippen molar-refractivity contribution in [1.29, 1.82) is 5.26 Å². The predicted octanol–water partition coefficient (Wildman–Crippen LogP) is 2.37. The van der Waals surface area contributed by atoms with Crippen LogP contribution in [0.3, 0.4) is 0 Å². The molecule has 2 aromatic rings. The predicted molar refractivity (Wildman–Crippen MR) is 106 cm³/mol. The summed E-state index contributed by atoms with van der Waals surface area (Å²) in [6, 6.07) is 14.6. The summed E-state index contributed by atoms with van der Waals surface area (Å²) < 4.78 is 15.9. The summed E-state index contributed by atoms with van der Waals surface area (Å²) in [6.07, 6.45) is 0. The summed E-state index contributed by atoms with van der Waals surface area (Å²) in [5.74, 6) is 1.37. The minimum absolute atomic E-state index is 0.0132. The highest BCUT2D eigenvalue weighted by Gasteiger charge is 2.16. The van der Waals surface area contributed by atoms with Crippen LogP contribution in [0.1, 0.15) is 17.2 Å². The van der Waals surface area contributed by atoms with Crippen LogP contribution >= 0.6 is 0 Å². The fourth-order valence-corrected chi connectivity index (χ4v) is 2.69. The molecule has 0 saturated carbocycles. The largest absolute Gasteiger partial charge is 0.497 e. The van der Waals surface area contributed by atoms with Gasteiger partial charge in [0.1, 0.15) is 5.75 Å². The van der Waals surface area contributed by atoms with E-state index in [0.717, 1.165) is 11.3 Å². The molecular formula is C21H25N3O4. The molecule has 7 heteroatoms. The van der Waals surface area contributed by atoms with E-state index in [-0.39, 0.29) is 18.6 Å². The maximum atomic E-state index is 12.2. The molecule has 2 rings (SSSR count). The van der Waals surface area contributed by atoms with Gasteiger partial charge in [-0.1, -0.05) is 12.1 Å². The number of ether oxygens (including phenoxy) is 3. The first kappa shape index (κ1) is 21.1. The number of amides is 1. The van der Waals surface area contributed by atoms with Crippen molar-refractivity contribution in [3.8, 4) is 23.3 Å². The molecule has 7 nitrogen and oxygen atoms in total. The van der Waals surface area contributed by atoms with Gasteiger partial charge in [-0.05, 0) is 43.9 Å². The number of hydrogen-bond donors (Lipinski definition) is 1. The highest BCUT2D eigenvalue weighted by atomic mass is 16.5. The van der Waals surface area contributed by atoms with E-state index in [1.165, 1.54) is 7.11 Å². The molecule has 148 valence electrons. The molecule has 0 fully saturated rings. The lowest BCUT2D eigenvalue weighted by atomic mass is 10.1. The first-order valence-electron chi connectivity index (χ1n) is 8.76. The van der Waals surface area contributed by atoms with Crippen molar-refractivity contribution < 1.29 is 19.0 Å². The second kappa shape index (κ2) is 10.2. The van der Waals surface area contributed by atoms with E-state index in [2.05, 4.69) is 5.32 Å². The fraction of sp³-hybridized carbons (Fsp3) is 0.333. The summed E-state index contributed by atoms with van der Waals surface area (Å²) in [4.78, 5) is 14.3. The van der Waals surface area contributed by atoms with Gasteiger partial charge in [-0.2, -0.15) is 5.26 Å². The minimum atomic E-state index is -0.244. The van der Waals surface area contributed by atoms with Crippen molar-refractivity contribution in [1.82, 2.24) is 10.2 Å². The fourth-order valence-electron chi connectivity index (χ4n) is 2.69. The Morgan fingerprint density at radius 3 is 2.39 bits per heavy atom. The zero-order valence-electron chi connectivity index (χ0n) is 16.6. The van der Waals surface area contributed by atoms with E-state index >= 15 is 0 Å². The summed E-state index contributed by atoms with van der Waals surface area (Å²) in [5, 5.41) is 11.8. The smallest absolute Gasteiger partial charge is 0.258 e. The molecule has 2 aromatic carbocycles. The third-order valence-corrected chi connectivity index (χ3v) is 4.27. The van der Waals surface area contributed by atoms with Crippen LogP contribution in [0.2, 0.25) is 0 Å². The molecule has 1 unspecified atom stereocenters. The molecule has 0 bridgehead atoms. The second-order valence-corrected chi connectivity index (χ2v) is 6.32. The Bertz CT molecular complexity index is 829. The Kier molecular flexibility index (Phi) is 7.66. The van der Waals surface area contributed by atoms with E-state index < -0.39 is 0 Å². The molecule has 1 N–H and O–H groups in total. The quantitative estimate of drug-likeness (QED) is 0.716. The molecule has 0 aliphatic heterocycles. The van der Waals surface area contributed by atoms with Crippen LogP contribution in [-0.2, 0) is 4.79 Å². The highest BCUT2D eigenvalue weighted by Crippen LogP contribution is 2.27. The van der Waals surface area contributed by atoms with Crippen LogP contribution in [0.4, 0.5) is 0 Å². The number of nitrogens with zero attached hydrogens (tertiary/aromatic N) is 2. The number of carbonyl (C=O) groups excluding carboxylic acids is 1. The van der Waals surface area contributed by atoms with Crippen LogP contribution in [0.15, 0.2) is 42.5 Å². The van der Waals surface area contributed by atoms with Gasteiger partial charge in [0.15, 0.2) is 18.1 Å². The lowest BCUT2D eigenvalue weighted by Crippen LogP contribution is -2.36. The van der Waals surface area contributed by atoms with Gasteiger partial charge in [0.25, 0.3) is 5.91 Å². The van der Waals surface area contributed by atoms with Gasteiger partial charge in [0.2, 0.25) is 0 Å². The average molecular weight is 383 g/mol. The number of benzene rings is 2. The van der Waals surface area contributed by atoms with Gasteiger partial charge in [0.05, 0.1) is 31.9 Å². The van der Waals surface area contributed by atoms with Crippen molar-refractivity contribution in [2.75, 3.05) is 41.5 Å². The molecule has 0 radical (unpaired) electrons. The Morgan fingerprint density at radius 2 is 1.82 bits per heavy atom. The molecule has 28 heavy (non-hydrogen) atoms. The Labute approximate surface area is 165 Å². The highest BCUT2D eigenvalue weighted by molar-refractivity contribution is 5.77. The van der Waals surface area contributed by atoms with Crippen molar-refractivity contribution in [3.63, 3.8) is 0 Å². The van der Waals surface area contributed by atoms with Crippen molar-refractivity contribution in [2.45, 2.75) is 6.04 Å². The minimum Gasteiger partial charge on any atom is -0.497 e. The summed E-state index contributed by atoms with van der Waals surface area (Å²) in [6.45, 7) is 0.289. The number of carbonyl (C=O) groups is 1. The third-order valence-electron chi connectivity index (χ3n) is 4.27. The van der Waals surface area contributed by atoms with Gasteiger partial charge in [-0.3, -0.25) is 4.79 Å². The zero-order chi connectivity index (χ0) is 20.5. The molecule has 0 spiro atoms. The van der Waals surface area contributed by atoms with Gasteiger partial charge < -0.3 is 24.4 Å². The summed E-state index contributed by atoms with van der Waals surface area (Å²) in [5.41, 5.74) is 1.53. The number of nitriles is 1. The molecule has 1 amide bonds. The SMILES string of the molecule is COc1ccc(C(CNC(=O)COc2ccc(C#N)cc2OC)N(C)C)cc1. The number of methoxy groups -OCH3 is 2. The maximum Gasteiger partial charge on any atom is 0.258 e. The molecule has 0 saturated heterocycles. The molecule has 0 aliphatic rings. The first-order valence-corrected chi connectivity index (χ1v) is 8.76. The normalized spacial score (nSPS) is 11.4.